The van der Waals surface area contributed by atoms with Gasteiger partial charge in [-0.05, 0) is 21.5 Å². The van der Waals surface area contributed by atoms with Crippen LogP contribution in [0.3, 0.4) is 0 Å². The van der Waals surface area contributed by atoms with Crippen molar-refractivity contribution in [1.29, 1.82) is 0 Å². The molecule has 0 aliphatic carbocycles. The number of carbonyl (C=O) groups is 1. The quantitative estimate of drug-likeness (QED) is 0.782. The molecule has 0 saturated carbocycles. The second-order valence-corrected chi connectivity index (χ2v) is 5.91. The normalized spacial score (nSPS) is 20.5. The Morgan fingerprint density at radius 1 is 1.35 bits per heavy atom. The fourth-order valence-electron chi connectivity index (χ4n) is 1.48. The highest BCUT2D eigenvalue weighted by Gasteiger charge is 2.35. The van der Waals surface area contributed by atoms with E-state index in [2.05, 4.69) is 15.9 Å². The number of halogens is 1. The van der Waals surface area contributed by atoms with E-state index in [0.29, 0.717) is 11.0 Å². The molecule has 1 aromatic rings. The molecular formula is C11H11BrN2O2S. The summed E-state index contributed by atoms with van der Waals surface area (Å²) in [6.45, 7) is 0.333. The van der Waals surface area contributed by atoms with Crippen LogP contribution < -0.4 is 0 Å². The first-order chi connectivity index (χ1) is 8.09. The van der Waals surface area contributed by atoms with Crippen LogP contribution in [0, 0.1) is 0 Å². The summed E-state index contributed by atoms with van der Waals surface area (Å²) in [5, 5.41) is 0. The molecule has 0 saturated heterocycles. The van der Waals surface area contributed by atoms with Gasteiger partial charge in [-0.15, -0.1) is 4.31 Å². The van der Waals surface area contributed by atoms with E-state index in [9.17, 15) is 9.35 Å². The molecule has 90 valence electrons. The molecule has 1 heterocycles. The van der Waals surface area contributed by atoms with Crippen molar-refractivity contribution in [1.82, 2.24) is 8.61 Å². The minimum absolute atomic E-state index is 0.259. The summed E-state index contributed by atoms with van der Waals surface area (Å²) in [5.74, 6) is -0.259. The molecule has 1 aromatic carbocycles. The zero-order chi connectivity index (χ0) is 12.4. The minimum Gasteiger partial charge on any atom is -0.568 e. The standard InChI is InChI=1S/C11H11BrN2O2S/c1-13-8-10(12)11(15)14(17(13)16)7-9-5-3-2-4-6-9/h2-6,8H,7H2,1H3. The molecule has 0 spiro atoms. The third-order valence-electron chi connectivity index (χ3n) is 2.33. The van der Waals surface area contributed by atoms with Crippen LogP contribution in [-0.4, -0.2) is 26.1 Å². The molecule has 6 heteroatoms. The lowest BCUT2D eigenvalue weighted by molar-refractivity contribution is -0.122. The molecule has 1 amide bonds. The fraction of sp³-hybridized carbons (Fsp3) is 0.182. The number of nitrogens with zero attached hydrogens (tertiary/aromatic N) is 2. The van der Waals surface area contributed by atoms with Gasteiger partial charge in [0.25, 0.3) is 0 Å². The summed E-state index contributed by atoms with van der Waals surface area (Å²) in [6.07, 6.45) is 1.53. The number of hydrogen-bond acceptors (Lipinski definition) is 3. The van der Waals surface area contributed by atoms with Crippen molar-refractivity contribution in [2.24, 2.45) is 0 Å². The predicted octanol–water partition coefficient (Wildman–Crippen LogP) is 1.78. The van der Waals surface area contributed by atoms with Gasteiger partial charge in [-0.25, -0.2) is 0 Å². The number of amides is 1. The molecule has 1 aliphatic rings. The van der Waals surface area contributed by atoms with Crippen molar-refractivity contribution in [3.63, 3.8) is 0 Å². The minimum atomic E-state index is -1.46. The average molecular weight is 315 g/mol. The van der Waals surface area contributed by atoms with Crippen molar-refractivity contribution in [3.8, 4) is 0 Å². The number of hydrogen-bond donors (Lipinski definition) is 0. The molecular weight excluding hydrogens is 304 g/mol. The lowest BCUT2D eigenvalue weighted by Gasteiger charge is -2.30. The van der Waals surface area contributed by atoms with Crippen LogP contribution in [0.25, 0.3) is 0 Å². The second-order valence-electron chi connectivity index (χ2n) is 3.58. The largest absolute Gasteiger partial charge is 0.568 e. The van der Waals surface area contributed by atoms with Gasteiger partial charge in [0.1, 0.15) is 4.48 Å². The highest BCUT2D eigenvalue weighted by Crippen LogP contribution is 2.24. The predicted molar refractivity (Wildman–Crippen MR) is 69.9 cm³/mol. The summed E-state index contributed by atoms with van der Waals surface area (Å²) in [7, 11) is 1.67. The van der Waals surface area contributed by atoms with Gasteiger partial charge in [-0.2, -0.15) is 4.31 Å². The molecule has 0 fully saturated rings. The Balaban J connectivity index is 2.21. The molecule has 2 rings (SSSR count). The van der Waals surface area contributed by atoms with Crippen molar-refractivity contribution >= 4 is 33.4 Å². The molecule has 1 atom stereocenters. The van der Waals surface area contributed by atoms with Crippen molar-refractivity contribution in [3.05, 3.63) is 46.6 Å². The smallest absolute Gasteiger partial charge is 0.305 e. The Labute approximate surface area is 111 Å². The van der Waals surface area contributed by atoms with Crippen LogP contribution in [0.4, 0.5) is 0 Å². The Bertz CT molecular complexity index is 452. The second kappa shape index (κ2) is 5.12. The lowest BCUT2D eigenvalue weighted by atomic mass is 10.2. The van der Waals surface area contributed by atoms with Gasteiger partial charge < -0.3 is 4.55 Å². The molecule has 1 unspecified atom stereocenters. The van der Waals surface area contributed by atoms with Crippen LogP contribution in [0.2, 0.25) is 0 Å². The summed E-state index contributed by atoms with van der Waals surface area (Å²) < 4.78 is 15.2. The highest BCUT2D eigenvalue weighted by atomic mass is 79.9. The van der Waals surface area contributed by atoms with Gasteiger partial charge in [-0.1, -0.05) is 30.3 Å². The fourth-order valence-corrected chi connectivity index (χ4v) is 3.26. The Hall–Kier alpha value is -0.980. The number of rotatable bonds is 2. The SMILES string of the molecule is CN1C=C(Br)C(=O)N(Cc2ccccc2)[S+]1[O-]. The maximum atomic E-state index is 12.0. The first-order valence-corrected chi connectivity index (χ1v) is 6.83. The van der Waals surface area contributed by atoms with E-state index in [1.54, 1.807) is 7.05 Å². The highest BCUT2D eigenvalue weighted by molar-refractivity contribution is 9.12. The van der Waals surface area contributed by atoms with E-state index in [0.717, 1.165) is 5.56 Å². The molecule has 4 nitrogen and oxygen atoms in total. The average Bonchev–Trinajstić information content (AvgIpc) is 2.33. The van der Waals surface area contributed by atoms with Gasteiger partial charge >= 0.3 is 5.91 Å². The Morgan fingerprint density at radius 3 is 2.65 bits per heavy atom. The summed E-state index contributed by atoms with van der Waals surface area (Å²) in [5.41, 5.74) is 0.949. The maximum Gasteiger partial charge on any atom is 0.305 e. The van der Waals surface area contributed by atoms with Crippen LogP contribution >= 0.6 is 15.9 Å². The molecule has 0 bridgehead atoms. The van der Waals surface area contributed by atoms with Gasteiger partial charge in [0.2, 0.25) is 11.5 Å². The lowest BCUT2D eigenvalue weighted by Crippen LogP contribution is -2.46. The van der Waals surface area contributed by atoms with Crippen LogP contribution in [0.1, 0.15) is 5.56 Å². The molecule has 0 radical (unpaired) electrons. The van der Waals surface area contributed by atoms with Gasteiger partial charge in [-0.3, -0.25) is 4.79 Å². The first kappa shape index (κ1) is 12.5. The van der Waals surface area contributed by atoms with Crippen molar-refractivity contribution < 1.29 is 9.35 Å². The van der Waals surface area contributed by atoms with E-state index < -0.39 is 11.5 Å². The van der Waals surface area contributed by atoms with E-state index >= 15 is 0 Å². The summed E-state index contributed by atoms with van der Waals surface area (Å²) >= 11 is 1.71. The first-order valence-electron chi connectivity index (χ1n) is 4.97. The Morgan fingerprint density at radius 2 is 2.00 bits per heavy atom. The van der Waals surface area contributed by atoms with Crippen molar-refractivity contribution in [2.75, 3.05) is 7.05 Å². The van der Waals surface area contributed by atoms with Crippen LogP contribution in [0.5, 0.6) is 0 Å². The third kappa shape index (κ3) is 2.65. The zero-order valence-corrected chi connectivity index (χ0v) is 11.6. The molecule has 1 aliphatic heterocycles. The third-order valence-corrected chi connectivity index (χ3v) is 4.14. The topological polar surface area (TPSA) is 46.6 Å². The Kier molecular flexibility index (Phi) is 3.76. The maximum absolute atomic E-state index is 12.0. The zero-order valence-electron chi connectivity index (χ0n) is 9.17. The number of benzene rings is 1. The van der Waals surface area contributed by atoms with Crippen LogP contribution in [0.15, 0.2) is 41.0 Å². The van der Waals surface area contributed by atoms with Gasteiger partial charge in [0.05, 0.1) is 19.8 Å². The number of carbonyl (C=O) groups excluding carboxylic acids is 1. The molecule has 0 aromatic heterocycles. The monoisotopic (exact) mass is 314 g/mol. The van der Waals surface area contributed by atoms with Crippen molar-refractivity contribution in [2.45, 2.75) is 6.54 Å². The van der Waals surface area contributed by atoms with E-state index in [1.165, 1.54) is 14.8 Å². The van der Waals surface area contributed by atoms with Gasteiger partial charge in [0, 0.05) is 0 Å². The van der Waals surface area contributed by atoms with E-state index in [1.807, 2.05) is 30.3 Å². The summed E-state index contributed by atoms with van der Waals surface area (Å²) in [6, 6.07) is 9.48. The molecule has 17 heavy (non-hydrogen) atoms. The van der Waals surface area contributed by atoms with Crippen LogP contribution in [-0.2, 0) is 22.9 Å². The molecule has 0 N–H and O–H groups in total. The van der Waals surface area contributed by atoms with E-state index in [4.69, 9.17) is 0 Å². The van der Waals surface area contributed by atoms with E-state index in [-0.39, 0.29) is 5.91 Å². The summed E-state index contributed by atoms with van der Waals surface area (Å²) in [4.78, 5) is 11.9. The van der Waals surface area contributed by atoms with Gasteiger partial charge in [0.15, 0.2) is 0 Å².